The summed E-state index contributed by atoms with van der Waals surface area (Å²) in [6.45, 7) is 2.53. The average molecular weight is 466 g/mol. The van der Waals surface area contributed by atoms with Crippen LogP contribution in [0, 0.1) is 0 Å². The monoisotopic (exact) mass is 465 g/mol. The van der Waals surface area contributed by atoms with Gasteiger partial charge in [0.25, 0.3) is 0 Å². The van der Waals surface area contributed by atoms with Gasteiger partial charge in [-0.15, -0.1) is 23.1 Å². The van der Waals surface area contributed by atoms with Crippen molar-refractivity contribution in [1.29, 1.82) is 0 Å². The molecule has 2 aromatic carbocycles. The van der Waals surface area contributed by atoms with Crippen LogP contribution in [0.5, 0.6) is 0 Å². The standard InChI is InChI=1S/C25H27N3O2S2/c1-2-21(18-9-5-3-6-10-18)25(30)28-17-31-16-22(28)23(29)26-14-13-20-15-32-24(27-20)19-11-7-4-8-12-19/h3-12,15,21-22H,2,13-14,16-17H2,1H3,(H,26,29)/t21?,22-/m1/s1. The summed E-state index contributed by atoms with van der Waals surface area (Å²) in [5.74, 6) is 0.946. The molecule has 166 valence electrons. The zero-order valence-electron chi connectivity index (χ0n) is 18.1. The molecule has 2 atom stereocenters. The third kappa shape index (κ3) is 5.22. The van der Waals surface area contributed by atoms with E-state index in [4.69, 9.17) is 0 Å². The Morgan fingerprint density at radius 2 is 1.84 bits per heavy atom. The van der Waals surface area contributed by atoms with Gasteiger partial charge in [-0.3, -0.25) is 9.59 Å². The summed E-state index contributed by atoms with van der Waals surface area (Å²) in [5.41, 5.74) is 3.08. The van der Waals surface area contributed by atoms with Gasteiger partial charge < -0.3 is 10.2 Å². The van der Waals surface area contributed by atoms with E-state index < -0.39 is 6.04 Å². The first-order valence-electron chi connectivity index (χ1n) is 10.9. The van der Waals surface area contributed by atoms with Gasteiger partial charge in [0.05, 0.1) is 17.5 Å². The zero-order chi connectivity index (χ0) is 22.3. The lowest BCUT2D eigenvalue weighted by Gasteiger charge is -2.27. The SMILES string of the molecule is CCC(C(=O)N1CSC[C@@H]1C(=O)NCCc1csc(-c2ccccc2)n1)c1ccccc1. The van der Waals surface area contributed by atoms with Gasteiger partial charge in [0.2, 0.25) is 11.8 Å². The van der Waals surface area contributed by atoms with Gasteiger partial charge in [0, 0.05) is 29.7 Å². The van der Waals surface area contributed by atoms with E-state index in [2.05, 4.69) is 10.3 Å². The molecule has 0 aliphatic carbocycles. The summed E-state index contributed by atoms with van der Waals surface area (Å²) in [7, 11) is 0. The highest BCUT2D eigenvalue weighted by molar-refractivity contribution is 7.99. The number of nitrogens with zero attached hydrogens (tertiary/aromatic N) is 2. The van der Waals surface area contributed by atoms with Gasteiger partial charge in [-0.25, -0.2) is 4.98 Å². The second kappa shape index (κ2) is 10.8. The number of nitrogens with one attached hydrogen (secondary N) is 1. The van der Waals surface area contributed by atoms with E-state index in [1.54, 1.807) is 28.0 Å². The highest BCUT2D eigenvalue weighted by atomic mass is 32.2. The van der Waals surface area contributed by atoms with Crippen LogP contribution in [0.25, 0.3) is 10.6 Å². The lowest BCUT2D eigenvalue weighted by atomic mass is 9.94. The Morgan fingerprint density at radius 3 is 2.56 bits per heavy atom. The number of thioether (sulfide) groups is 1. The molecular weight excluding hydrogens is 438 g/mol. The van der Waals surface area contributed by atoms with E-state index >= 15 is 0 Å². The molecule has 1 aliphatic heterocycles. The van der Waals surface area contributed by atoms with Crippen molar-refractivity contribution in [3.8, 4) is 10.6 Å². The summed E-state index contributed by atoms with van der Waals surface area (Å²) in [6.07, 6.45) is 1.39. The quantitative estimate of drug-likeness (QED) is 0.530. The zero-order valence-corrected chi connectivity index (χ0v) is 19.7. The average Bonchev–Trinajstić information content (AvgIpc) is 3.51. The van der Waals surface area contributed by atoms with Crippen LogP contribution < -0.4 is 5.32 Å². The number of carbonyl (C=O) groups excluding carboxylic acids is 2. The molecule has 0 saturated carbocycles. The molecule has 3 aromatic rings. The summed E-state index contributed by atoms with van der Waals surface area (Å²) in [4.78, 5) is 32.6. The maximum Gasteiger partial charge on any atom is 0.243 e. The summed E-state index contributed by atoms with van der Waals surface area (Å²) >= 11 is 3.25. The Labute approximate surface area is 197 Å². The minimum atomic E-state index is -0.416. The fraction of sp³-hybridized carbons (Fsp3) is 0.320. The molecular formula is C25H27N3O2S2. The van der Waals surface area contributed by atoms with E-state index in [1.165, 1.54) is 0 Å². The van der Waals surface area contributed by atoms with E-state index in [1.807, 2.05) is 73.0 Å². The molecule has 1 aromatic heterocycles. The van der Waals surface area contributed by atoms with Crippen LogP contribution in [0.1, 0.15) is 30.5 Å². The maximum absolute atomic E-state index is 13.2. The topological polar surface area (TPSA) is 62.3 Å². The van der Waals surface area contributed by atoms with Crippen molar-refractivity contribution in [3.63, 3.8) is 0 Å². The molecule has 2 amide bonds. The fourth-order valence-electron chi connectivity index (χ4n) is 3.88. The van der Waals surface area contributed by atoms with Crippen LogP contribution in [0.4, 0.5) is 0 Å². The highest BCUT2D eigenvalue weighted by Gasteiger charge is 2.37. The summed E-state index contributed by atoms with van der Waals surface area (Å²) in [5, 5.41) is 6.05. The first-order valence-corrected chi connectivity index (χ1v) is 12.9. The Balaban J connectivity index is 1.33. The third-order valence-corrected chi connectivity index (χ3v) is 7.58. The van der Waals surface area contributed by atoms with Gasteiger partial charge in [-0.05, 0) is 12.0 Å². The van der Waals surface area contributed by atoms with Crippen molar-refractivity contribution in [2.75, 3.05) is 18.2 Å². The van der Waals surface area contributed by atoms with Crippen LogP contribution in [-0.2, 0) is 16.0 Å². The second-order valence-corrected chi connectivity index (χ2v) is 9.60. The number of thiazole rings is 1. The van der Waals surface area contributed by atoms with Crippen molar-refractivity contribution >= 4 is 34.9 Å². The molecule has 1 N–H and O–H groups in total. The molecule has 0 spiro atoms. The van der Waals surface area contributed by atoms with Crippen LogP contribution in [0.2, 0.25) is 0 Å². The van der Waals surface area contributed by atoms with Crippen LogP contribution in [-0.4, -0.2) is 45.9 Å². The molecule has 1 saturated heterocycles. The molecule has 1 fully saturated rings. The number of benzene rings is 2. The van der Waals surface area contributed by atoms with Crippen molar-refractivity contribution in [3.05, 3.63) is 77.3 Å². The molecule has 7 heteroatoms. The second-order valence-electron chi connectivity index (χ2n) is 7.75. The van der Waals surface area contributed by atoms with Crippen molar-refractivity contribution in [2.24, 2.45) is 0 Å². The van der Waals surface area contributed by atoms with Gasteiger partial charge in [-0.1, -0.05) is 67.6 Å². The predicted molar refractivity (Wildman–Crippen MR) is 132 cm³/mol. The predicted octanol–water partition coefficient (Wildman–Crippen LogP) is 4.56. The molecule has 2 heterocycles. The van der Waals surface area contributed by atoms with Crippen LogP contribution in [0.3, 0.4) is 0 Å². The summed E-state index contributed by atoms with van der Waals surface area (Å²) < 4.78 is 0. The normalized spacial score (nSPS) is 16.7. The van der Waals surface area contributed by atoms with Crippen LogP contribution in [0.15, 0.2) is 66.0 Å². The number of hydrogen-bond acceptors (Lipinski definition) is 5. The van der Waals surface area contributed by atoms with E-state index in [-0.39, 0.29) is 17.7 Å². The third-order valence-electron chi connectivity index (χ3n) is 5.63. The number of carbonyl (C=O) groups is 2. The van der Waals surface area contributed by atoms with E-state index in [0.29, 0.717) is 31.0 Å². The fourth-order valence-corrected chi connectivity index (χ4v) is 5.91. The maximum atomic E-state index is 13.2. The summed E-state index contributed by atoms with van der Waals surface area (Å²) in [6, 6.07) is 19.5. The first kappa shape index (κ1) is 22.6. The Hall–Kier alpha value is -2.64. The molecule has 5 nitrogen and oxygen atoms in total. The molecule has 0 radical (unpaired) electrons. The van der Waals surface area contributed by atoms with Gasteiger partial charge in [-0.2, -0.15) is 0 Å². The van der Waals surface area contributed by atoms with Crippen molar-refractivity contribution in [1.82, 2.24) is 15.2 Å². The molecule has 32 heavy (non-hydrogen) atoms. The van der Waals surface area contributed by atoms with E-state index in [0.717, 1.165) is 21.8 Å². The number of aromatic nitrogens is 1. The Bertz CT molecular complexity index is 1040. The van der Waals surface area contributed by atoms with E-state index in [9.17, 15) is 9.59 Å². The van der Waals surface area contributed by atoms with Crippen LogP contribution >= 0.6 is 23.1 Å². The molecule has 1 aliphatic rings. The largest absolute Gasteiger partial charge is 0.354 e. The number of hydrogen-bond donors (Lipinski definition) is 1. The Morgan fingerprint density at radius 1 is 1.12 bits per heavy atom. The smallest absolute Gasteiger partial charge is 0.243 e. The Kier molecular flexibility index (Phi) is 7.60. The number of rotatable bonds is 8. The molecule has 0 bridgehead atoms. The van der Waals surface area contributed by atoms with Gasteiger partial charge >= 0.3 is 0 Å². The number of amides is 2. The molecule has 4 rings (SSSR count). The lowest BCUT2D eigenvalue weighted by molar-refractivity contribution is -0.139. The lowest BCUT2D eigenvalue weighted by Crippen LogP contribution is -2.49. The minimum absolute atomic E-state index is 0.0378. The molecule has 1 unspecified atom stereocenters. The minimum Gasteiger partial charge on any atom is -0.354 e. The van der Waals surface area contributed by atoms with Crippen molar-refractivity contribution in [2.45, 2.75) is 31.7 Å². The van der Waals surface area contributed by atoms with Crippen molar-refractivity contribution < 1.29 is 9.59 Å². The first-order chi connectivity index (χ1) is 15.7. The highest BCUT2D eigenvalue weighted by Crippen LogP contribution is 2.29. The van der Waals surface area contributed by atoms with Gasteiger partial charge in [0.15, 0.2) is 0 Å². The van der Waals surface area contributed by atoms with Gasteiger partial charge in [0.1, 0.15) is 11.0 Å².